The molecule has 1 rings (SSSR count). The van der Waals surface area contributed by atoms with Gasteiger partial charge in [0, 0.05) is 18.5 Å². The predicted molar refractivity (Wildman–Crippen MR) is 53.5 cm³/mol. The molecular formula is C10H20N2O. The maximum Gasteiger partial charge on any atom is 0.223 e. The van der Waals surface area contributed by atoms with Crippen LogP contribution < -0.4 is 10.6 Å². The molecule has 76 valence electrons. The number of rotatable bonds is 3. The van der Waals surface area contributed by atoms with Crippen molar-refractivity contribution in [3.8, 4) is 0 Å². The number of carbonyl (C=O) groups excluding carboxylic acids is 1. The maximum atomic E-state index is 11.5. The van der Waals surface area contributed by atoms with Crippen molar-refractivity contribution < 1.29 is 4.79 Å². The molecule has 13 heavy (non-hydrogen) atoms. The van der Waals surface area contributed by atoms with Gasteiger partial charge in [-0.15, -0.1) is 0 Å². The summed E-state index contributed by atoms with van der Waals surface area (Å²) in [5.74, 6) is 0.359. The van der Waals surface area contributed by atoms with E-state index < -0.39 is 0 Å². The molecule has 0 radical (unpaired) electrons. The van der Waals surface area contributed by atoms with E-state index in [4.69, 9.17) is 0 Å². The number of nitrogens with one attached hydrogen (secondary N) is 2. The zero-order valence-corrected chi connectivity index (χ0v) is 8.60. The van der Waals surface area contributed by atoms with Gasteiger partial charge in [0.2, 0.25) is 5.91 Å². The van der Waals surface area contributed by atoms with Gasteiger partial charge >= 0.3 is 0 Å². The Morgan fingerprint density at radius 2 is 2.46 bits per heavy atom. The van der Waals surface area contributed by atoms with Crippen molar-refractivity contribution in [1.29, 1.82) is 0 Å². The van der Waals surface area contributed by atoms with Crippen LogP contribution in [0.3, 0.4) is 0 Å². The molecule has 1 saturated heterocycles. The van der Waals surface area contributed by atoms with Crippen molar-refractivity contribution in [2.24, 2.45) is 5.92 Å². The van der Waals surface area contributed by atoms with E-state index in [0.717, 1.165) is 25.9 Å². The second kappa shape index (κ2) is 5.22. The van der Waals surface area contributed by atoms with E-state index >= 15 is 0 Å². The van der Waals surface area contributed by atoms with E-state index in [9.17, 15) is 4.79 Å². The Morgan fingerprint density at radius 3 is 3.00 bits per heavy atom. The Kier molecular flexibility index (Phi) is 4.22. The summed E-state index contributed by atoms with van der Waals surface area (Å²) >= 11 is 0. The molecule has 1 heterocycles. The number of carbonyl (C=O) groups is 1. The number of amides is 1. The van der Waals surface area contributed by atoms with Gasteiger partial charge < -0.3 is 10.6 Å². The average Bonchev–Trinajstić information content (AvgIpc) is 2.18. The molecule has 0 aliphatic carbocycles. The SMILES string of the molecule is CCC(C)C(=O)N[C@@H]1CCCNC1. The highest BCUT2D eigenvalue weighted by atomic mass is 16.1. The van der Waals surface area contributed by atoms with Crippen molar-refractivity contribution in [3.63, 3.8) is 0 Å². The number of hydrogen-bond acceptors (Lipinski definition) is 2. The molecule has 0 aromatic heterocycles. The molecule has 1 aliphatic heterocycles. The topological polar surface area (TPSA) is 41.1 Å². The van der Waals surface area contributed by atoms with Crippen LogP contribution in [0, 0.1) is 5.92 Å². The minimum atomic E-state index is 0.155. The van der Waals surface area contributed by atoms with Crippen LogP contribution >= 0.6 is 0 Å². The molecule has 1 fully saturated rings. The van der Waals surface area contributed by atoms with Gasteiger partial charge in [0.05, 0.1) is 0 Å². The summed E-state index contributed by atoms with van der Waals surface area (Å²) in [5, 5.41) is 6.35. The van der Waals surface area contributed by atoms with E-state index in [0.29, 0.717) is 6.04 Å². The third-order valence-electron chi connectivity index (χ3n) is 2.70. The Bertz CT molecular complexity index is 164. The molecule has 1 aliphatic rings. The molecule has 0 saturated carbocycles. The van der Waals surface area contributed by atoms with Crippen molar-refractivity contribution >= 4 is 5.91 Å². The third-order valence-corrected chi connectivity index (χ3v) is 2.70. The highest BCUT2D eigenvalue weighted by Gasteiger charge is 2.17. The minimum Gasteiger partial charge on any atom is -0.352 e. The second-order valence-corrected chi connectivity index (χ2v) is 3.86. The van der Waals surface area contributed by atoms with E-state index in [1.807, 2.05) is 13.8 Å². The van der Waals surface area contributed by atoms with Crippen LogP contribution in [-0.2, 0) is 4.79 Å². The first-order valence-corrected chi connectivity index (χ1v) is 5.25. The lowest BCUT2D eigenvalue weighted by molar-refractivity contribution is -0.125. The predicted octanol–water partition coefficient (Wildman–Crippen LogP) is 0.901. The standard InChI is InChI=1S/C10H20N2O/c1-3-8(2)10(13)12-9-5-4-6-11-7-9/h8-9,11H,3-7H2,1-2H3,(H,12,13)/t8?,9-/m1/s1. The van der Waals surface area contributed by atoms with Crippen LogP contribution in [0.2, 0.25) is 0 Å². The molecular weight excluding hydrogens is 164 g/mol. The van der Waals surface area contributed by atoms with E-state index in [2.05, 4.69) is 10.6 Å². The van der Waals surface area contributed by atoms with Crippen LogP contribution in [-0.4, -0.2) is 25.0 Å². The van der Waals surface area contributed by atoms with Crippen LogP contribution in [0.25, 0.3) is 0 Å². The number of hydrogen-bond donors (Lipinski definition) is 2. The maximum absolute atomic E-state index is 11.5. The van der Waals surface area contributed by atoms with E-state index in [1.54, 1.807) is 0 Å². The minimum absolute atomic E-state index is 0.155. The summed E-state index contributed by atoms with van der Waals surface area (Å²) in [6, 6.07) is 0.357. The van der Waals surface area contributed by atoms with Gasteiger partial charge in [-0.05, 0) is 25.8 Å². The summed E-state index contributed by atoms with van der Waals surface area (Å²) in [7, 11) is 0. The fourth-order valence-corrected chi connectivity index (χ4v) is 1.50. The van der Waals surface area contributed by atoms with Gasteiger partial charge in [-0.3, -0.25) is 4.79 Å². The lowest BCUT2D eigenvalue weighted by Crippen LogP contribution is -2.47. The van der Waals surface area contributed by atoms with Crippen LogP contribution in [0.15, 0.2) is 0 Å². The molecule has 0 aromatic rings. The Morgan fingerprint density at radius 1 is 1.69 bits per heavy atom. The summed E-state index contributed by atoms with van der Waals surface area (Å²) < 4.78 is 0. The molecule has 0 spiro atoms. The Hall–Kier alpha value is -0.570. The van der Waals surface area contributed by atoms with Gasteiger partial charge in [0.25, 0.3) is 0 Å². The molecule has 3 nitrogen and oxygen atoms in total. The van der Waals surface area contributed by atoms with Crippen LogP contribution in [0.5, 0.6) is 0 Å². The first kappa shape index (κ1) is 10.5. The molecule has 0 bridgehead atoms. The highest BCUT2D eigenvalue weighted by Crippen LogP contribution is 2.05. The van der Waals surface area contributed by atoms with E-state index in [1.165, 1.54) is 6.42 Å². The summed E-state index contributed by atoms with van der Waals surface area (Å²) in [6.07, 6.45) is 3.21. The number of piperidine rings is 1. The molecule has 1 amide bonds. The van der Waals surface area contributed by atoms with E-state index in [-0.39, 0.29) is 11.8 Å². The Balaban J connectivity index is 2.26. The zero-order valence-electron chi connectivity index (χ0n) is 8.60. The van der Waals surface area contributed by atoms with Crippen molar-refractivity contribution in [3.05, 3.63) is 0 Å². The van der Waals surface area contributed by atoms with Gasteiger partial charge in [0.15, 0.2) is 0 Å². The van der Waals surface area contributed by atoms with Crippen LogP contribution in [0.4, 0.5) is 0 Å². The van der Waals surface area contributed by atoms with Gasteiger partial charge in [-0.1, -0.05) is 13.8 Å². The summed E-state index contributed by atoms with van der Waals surface area (Å²) in [5.41, 5.74) is 0. The molecule has 2 N–H and O–H groups in total. The van der Waals surface area contributed by atoms with Crippen molar-refractivity contribution in [2.45, 2.75) is 39.2 Å². The fraction of sp³-hybridized carbons (Fsp3) is 0.900. The average molecular weight is 184 g/mol. The van der Waals surface area contributed by atoms with Gasteiger partial charge in [-0.25, -0.2) is 0 Å². The quantitative estimate of drug-likeness (QED) is 0.684. The largest absolute Gasteiger partial charge is 0.352 e. The zero-order chi connectivity index (χ0) is 9.68. The van der Waals surface area contributed by atoms with Gasteiger partial charge in [0.1, 0.15) is 0 Å². The first-order chi connectivity index (χ1) is 6.24. The lowest BCUT2D eigenvalue weighted by atomic mass is 10.0. The second-order valence-electron chi connectivity index (χ2n) is 3.86. The fourth-order valence-electron chi connectivity index (χ4n) is 1.50. The highest BCUT2D eigenvalue weighted by molar-refractivity contribution is 5.78. The molecule has 1 unspecified atom stereocenters. The normalized spacial score (nSPS) is 25.2. The molecule has 3 heteroatoms. The van der Waals surface area contributed by atoms with Crippen molar-refractivity contribution in [1.82, 2.24) is 10.6 Å². The lowest BCUT2D eigenvalue weighted by Gasteiger charge is -2.25. The molecule has 0 aromatic carbocycles. The van der Waals surface area contributed by atoms with Gasteiger partial charge in [-0.2, -0.15) is 0 Å². The smallest absolute Gasteiger partial charge is 0.223 e. The summed E-state index contributed by atoms with van der Waals surface area (Å²) in [6.45, 7) is 6.05. The van der Waals surface area contributed by atoms with Crippen molar-refractivity contribution in [2.75, 3.05) is 13.1 Å². The first-order valence-electron chi connectivity index (χ1n) is 5.25. The molecule has 2 atom stereocenters. The third kappa shape index (κ3) is 3.35. The summed E-state index contributed by atoms with van der Waals surface area (Å²) in [4.78, 5) is 11.5. The van der Waals surface area contributed by atoms with Crippen LogP contribution in [0.1, 0.15) is 33.1 Å². The monoisotopic (exact) mass is 184 g/mol. The Labute approximate surface area is 80.3 Å².